The summed E-state index contributed by atoms with van der Waals surface area (Å²) in [5.41, 5.74) is 3.88. The topological polar surface area (TPSA) is 34.4 Å². The third kappa shape index (κ3) is 3.98. The van der Waals surface area contributed by atoms with Gasteiger partial charge in [0.1, 0.15) is 4.34 Å². The second-order valence-electron chi connectivity index (χ2n) is 5.61. The molecule has 0 saturated heterocycles. The minimum absolute atomic E-state index is 0.355. The molecule has 25 heavy (non-hydrogen) atoms. The Labute approximate surface area is 168 Å². The Morgan fingerprint density at radius 2 is 2.00 bits per heavy atom. The van der Waals surface area contributed by atoms with Crippen LogP contribution in [-0.4, -0.2) is 22.5 Å². The highest BCUT2D eigenvalue weighted by atomic mass is 35.5. The number of carbonyl (C=O) groups is 1. The summed E-state index contributed by atoms with van der Waals surface area (Å²) in [6, 6.07) is 5.88. The first kappa shape index (κ1) is 19.0. The van der Waals surface area contributed by atoms with Crippen LogP contribution < -0.4 is 4.80 Å². The molecular formula is C17H16Cl2N2OS3. The number of fused-ring (bicyclic) bond motifs is 1. The van der Waals surface area contributed by atoms with Crippen molar-refractivity contribution in [3.63, 3.8) is 0 Å². The standard InChI is InChI=1S/C17H16Cl2N2OS3/c1-9-6-10(2)14-12(7-9)21(4-5-23-3)17(25-14)20-16(22)11-8-13(18)24-15(11)19/h6-8H,4-5H2,1-3H3. The van der Waals surface area contributed by atoms with Crippen molar-refractivity contribution in [2.45, 2.75) is 20.4 Å². The summed E-state index contributed by atoms with van der Waals surface area (Å²) in [4.78, 5) is 17.6. The number of nitrogens with zero attached hydrogens (tertiary/aromatic N) is 2. The van der Waals surface area contributed by atoms with Gasteiger partial charge in [0.2, 0.25) is 0 Å². The molecule has 3 rings (SSSR count). The first-order valence-corrected chi connectivity index (χ1v) is 11.3. The molecule has 0 aliphatic carbocycles. The van der Waals surface area contributed by atoms with Gasteiger partial charge < -0.3 is 4.57 Å². The molecule has 0 atom stereocenters. The lowest BCUT2D eigenvalue weighted by Crippen LogP contribution is -2.18. The predicted octanol–water partition coefficient (Wildman–Crippen LogP) is 5.79. The van der Waals surface area contributed by atoms with Crippen molar-refractivity contribution in [3.8, 4) is 0 Å². The Kier molecular flexibility index (Phi) is 5.96. The maximum Gasteiger partial charge on any atom is 0.282 e. The molecule has 1 aromatic carbocycles. The van der Waals surface area contributed by atoms with Crippen LogP contribution in [0, 0.1) is 13.8 Å². The van der Waals surface area contributed by atoms with Gasteiger partial charge in [0.25, 0.3) is 5.91 Å². The molecule has 8 heteroatoms. The summed E-state index contributed by atoms with van der Waals surface area (Å²) in [5.74, 6) is 0.595. The number of benzene rings is 1. The van der Waals surface area contributed by atoms with Crippen molar-refractivity contribution >= 4 is 73.8 Å². The second kappa shape index (κ2) is 7.84. The zero-order chi connectivity index (χ0) is 18.1. The highest BCUT2D eigenvalue weighted by Gasteiger charge is 2.15. The largest absolute Gasteiger partial charge is 0.315 e. The third-order valence-corrected chi connectivity index (χ3v) is 7.03. The minimum Gasteiger partial charge on any atom is -0.315 e. The second-order valence-corrected chi connectivity index (χ2v) is 9.86. The van der Waals surface area contributed by atoms with E-state index in [1.807, 2.05) is 0 Å². The van der Waals surface area contributed by atoms with Gasteiger partial charge in [-0.25, -0.2) is 0 Å². The molecule has 3 aromatic rings. The molecule has 0 aliphatic heterocycles. The number of hydrogen-bond donors (Lipinski definition) is 0. The van der Waals surface area contributed by atoms with Crippen LogP contribution in [0.25, 0.3) is 10.2 Å². The first-order valence-electron chi connectivity index (χ1n) is 7.54. The molecule has 0 aliphatic rings. The number of hydrogen-bond acceptors (Lipinski definition) is 4. The van der Waals surface area contributed by atoms with Crippen LogP contribution in [0.3, 0.4) is 0 Å². The van der Waals surface area contributed by atoms with Crippen LogP contribution >= 0.6 is 57.6 Å². The molecule has 3 nitrogen and oxygen atoms in total. The fourth-order valence-electron chi connectivity index (χ4n) is 2.63. The van der Waals surface area contributed by atoms with Crippen molar-refractivity contribution in [2.75, 3.05) is 12.0 Å². The van der Waals surface area contributed by atoms with E-state index >= 15 is 0 Å². The monoisotopic (exact) mass is 430 g/mol. The highest BCUT2D eigenvalue weighted by Crippen LogP contribution is 2.31. The van der Waals surface area contributed by atoms with Gasteiger partial charge in [-0.2, -0.15) is 16.8 Å². The Morgan fingerprint density at radius 1 is 1.24 bits per heavy atom. The van der Waals surface area contributed by atoms with Crippen LogP contribution in [-0.2, 0) is 6.54 Å². The van der Waals surface area contributed by atoms with Crippen molar-refractivity contribution in [3.05, 3.63) is 48.4 Å². The zero-order valence-corrected chi connectivity index (χ0v) is 17.9. The lowest BCUT2D eigenvalue weighted by molar-refractivity contribution is 0.0998. The summed E-state index contributed by atoms with van der Waals surface area (Å²) in [7, 11) is 0. The van der Waals surface area contributed by atoms with E-state index < -0.39 is 0 Å². The smallest absolute Gasteiger partial charge is 0.282 e. The minimum atomic E-state index is -0.355. The van der Waals surface area contributed by atoms with Gasteiger partial charge in [-0.15, -0.1) is 11.3 Å². The predicted molar refractivity (Wildman–Crippen MR) is 112 cm³/mol. The lowest BCUT2D eigenvalue weighted by Gasteiger charge is -2.05. The van der Waals surface area contributed by atoms with Gasteiger partial charge >= 0.3 is 0 Å². The van der Waals surface area contributed by atoms with Crippen LogP contribution in [0.4, 0.5) is 0 Å². The summed E-state index contributed by atoms with van der Waals surface area (Å²) >= 11 is 16.5. The number of thiazole rings is 1. The molecule has 2 aromatic heterocycles. The Hall–Kier alpha value is -0.790. The number of thioether (sulfide) groups is 1. The fourth-order valence-corrected chi connectivity index (χ4v) is 5.55. The Bertz CT molecular complexity index is 1020. The first-order chi connectivity index (χ1) is 11.9. The normalized spacial score (nSPS) is 12.3. The summed E-state index contributed by atoms with van der Waals surface area (Å²) in [6.07, 6.45) is 2.07. The molecule has 0 unspecified atom stereocenters. The highest BCUT2D eigenvalue weighted by molar-refractivity contribution is 7.98. The van der Waals surface area contributed by atoms with Gasteiger partial charge in [0.15, 0.2) is 4.80 Å². The van der Waals surface area contributed by atoms with Crippen molar-refractivity contribution in [2.24, 2.45) is 4.99 Å². The molecule has 1 amide bonds. The molecule has 0 bridgehead atoms. The number of amides is 1. The van der Waals surface area contributed by atoms with E-state index in [1.54, 1.807) is 17.8 Å². The van der Waals surface area contributed by atoms with Crippen LogP contribution in [0.2, 0.25) is 8.67 Å². The van der Waals surface area contributed by atoms with Gasteiger partial charge in [-0.3, -0.25) is 4.79 Å². The Balaban J connectivity index is 2.18. The van der Waals surface area contributed by atoms with Gasteiger partial charge in [-0.1, -0.05) is 40.6 Å². The SMILES string of the molecule is CSCCn1c(=NC(=O)c2cc(Cl)sc2Cl)sc2c(C)cc(C)cc21. The van der Waals surface area contributed by atoms with Crippen molar-refractivity contribution < 1.29 is 4.79 Å². The van der Waals surface area contributed by atoms with E-state index in [9.17, 15) is 4.79 Å². The summed E-state index contributed by atoms with van der Waals surface area (Å²) in [6.45, 7) is 4.97. The van der Waals surface area contributed by atoms with Gasteiger partial charge in [0, 0.05) is 12.3 Å². The number of carbonyl (C=O) groups excluding carboxylic acids is 1. The van der Waals surface area contributed by atoms with E-state index in [0.717, 1.165) is 22.5 Å². The van der Waals surface area contributed by atoms with E-state index in [2.05, 4.69) is 41.8 Å². The molecular weight excluding hydrogens is 415 g/mol. The van der Waals surface area contributed by atoms with Crippen LogP contribution in [0.5, 0.6) is 0 Å². The molecule has 0 N–H and O–H groups in total. The quantitative estimate of drug-likeness (QED) is 0.524. The number of aromatic nitrogens is 1. The molecule has 0 saturated carbocycles. The third-order valence-electron chi connectivity index (χ3n) is 3.72. The molecule has 0 spiro atoms. The molecule has 2 heterocycles. The maximum atomic E-state index is 12.6. The fraction of sp³-hybridized carbons (Fsp3) is 0.294. The van der Waals surface area contributed by atoms with Gasteiger partial charge in [0.05, 0.1) is 20.1 Å². The van der Waals surface area contributed by atoms with Gasteiger partial charge in [-0.05, 0) is 43.4 Å². The van der Waals surface area contributed by atoms with Crippen molar-refractivity contribution in [1.82, 2.24) is 4.57 Å². The molecule has 132 valence electrons. The number of halogens is 2. The molecule has 0 fully saturated rings. The van der Waals surface area contributed by atoms with E-state index in [-0.39, 0.29) is 5.91 Å². The number of thiophene rings is 1. The average Bonchev–Trinajstić information content (AvgIpc) is 3.05. The lowest BCUT2D eigenvalue weighted by atomic mass is 10.1. The van der Waals surface area contributed by atoms with E-state index in [4.69, 9.17) is 23.2 Å². The van der Waals surface area contributed by atoms with Crippen LogP contribution in [0.15, 0.2) is 23.2 Å². The summed E-state index contributed by atoms with van der Waals surface area (Å²) in [5, 5.41) is 0. The Morgan fingerprint density at radius 3 is 2.64 bits per heavy atom. The van der Waals surface area contributed by atoms with Crippen LogP contribution in [0.1, 0.15) is 21.5 Å². The maximum absolute atomic E-state index is 12.6. The number of aryl methyl sites for hydroxylation is 3. The summed E-state index contributed by atoms with van der Waals surface area (Å²) < 4.78 is 4.15. The van der Waals surface area contributed by atoms with E-state index in [1.165, 1.54) is 33.8 Å². The molecule has 0 radical (unpaired) electrons. The average molecular weight is 431 g/mol. The number of rotatable bonds is 4. The zero-order valence-electron chi connectivity index (χ0n) is 13.9. The van der Waals surface area contributed by atoms with Crippen molar-refractivity contribution in [1.29, 1.82) is 0 Å². The van der Waals surface area contributed by atoms with E-state index in [0.29, 0.717) is 19.0 Å².